The van der Waals surface area contributed by atoms with E-state index in [1.165, 1.54) is 30.2 Å². The second kappa shape index (κ2) is 11.9. The zero-order chi connectivity index (χ0) is 24.6. The minimum Gasteiger partial charge on any atom is -0.495 e. The molecule has 0 spiro atoms. The molecule has 0 aliphatic rings. The molecule has 1 atom stereocenters. The van der Waals surface area contributed by atoms with E-state index in [0.29, 0.717) is 18.7 Å². The minimum atomic E-state index is -3.83. The number of carbonyl (C=O) groups excluding carboxylic acids is 2. The van der Waals surface area contributed by atoms with Gasteiger partial charge in [0.15, 0.2) is 0 Å². The molecule has 2 aromatic rings. The van der Waals surface area contributed by atoms with Crippen LogP contribution in [0.5, 0.6) is 5.75 Å². The molecular formula is C23H30ClN3O5S. The number of sulfonamides is 1. The molecule has 0 heterocycles. The van der Waals surface area contributed by atoms with Crippen LogP contribution < -0.4 is 14.4 Å². The van der Waals surface area contributed by atoms with Crippen molar-refractivity contribution in [2.75, 3.05) is 30.8 Å². The Kier molecular flexibility index (Phi) is 9.55. The molecule has 0 aromatic heterocycles. The zero-order valence-corrected chi connectivity index (χ0v) is 20.8. The van der Waals surface area contributed by atoms with Crippen LogP contribution in [0.15, 0.2) is 48.5 Å². The van der Waals surface area contributed by atoms with Gasteiger partial charge < -0.3 is 15.0 Å². The van der Waals surface area contributed by atoms with E-state index in [1.54, 1.807) is 6.92 Å². The number of benzene rings is 2. The molecule has 0 radical (unpaired) electrons. The highest BCUT2D eigenvalue weighted by Crippen LogP contribution is 2.30. The summed E-state index contributed by atoms with van der Waals surface area (Å²) in [7, 11) is -2.38. The number of amides is 2. The summed E-state index contributed by atoms with van der Waals surface area (Å²) in [5.74, 6) is -0.412. The number of hydrogen-bond donors (Lipinski definition) is 1. The first kappa shape index (κ1) is 26.5. The number of carbonyl (C=O) groups is 2. The predicted molar refractivity (Wildman–Crippen MR) is 130 cm³/mol. The Morgan fingerprint density at radius 1 is 1.12 bits per heavy atom. The summed E-state index contributed by atoms with van der Waals surface area (Å²) in [5.41, 5.74) is 1.05. The average molecular weight is 496 g/mol. The van der Waals surface area contributed by atoms with Gasteiger partial charge in [-0.3, -0.25) is 13.9 Å². The summed E-state index contributed by atoms with van der Waals surface area (Å²) >= 11 is 6.18. The lowest BCUT2D eigenvalue weighted by Crippen LogP contribution is -2.52. The standard InChI is InChI=1S/C23H30ClN3O5S/c1-5-20(23(29)25-6-2)26(15-17-10-8-7-9-11-17)22(28)16-27(33(4,30)31)18-12-13-21(32-3)19(24)14-18/h7-14,20H,5-6,15-16H2,1-4H3,(H,25,29)/t20-/m1/s1. The summed E-state index contributed by atoms with van der Waals surface area (Å²) in [6, 6.07) is 13.0. The molecule has 0 unspecified atom stereocenters. The number of likely N-dealkylation sites (N-methyl/N-ethyl adjacent to an activating group) is 1. The SMILES string of the molecule is CCNC(=O)[C@@H](CC)N(Cc1ccccc1)C(=O)CN(c1ccc(OC)c(Cl)c1)S(C)(=O)=O. The molecule has 0 aliphatic carbocycles. The van der Waals surface area contributed by atoms with E-state index in [0.717, 1.165) is 16.1 Å². The lowest BCUT2D eigenvalue weighted by atomic mass is 10.1. The quantitative estimate of drug-likeness (QED) is 0.517. The van der Waals surface area contributed by atoms with Crippen molar-refractivity contribution in [2.45, 2.75) is 32.9 Å². The number of ether oxygens (including phenoxy) is 1. The summed E-state index contributed by atoms with van der Waals surface area (Å²) in [6.45, 7) is 3.71. The maximum Gasteiger partial charge on any atom is 0.244 e. The molecular weight excluding hydrogens is 466 g/mol. The number of nitrogens with zero attached hydrogens (tertiary/aromatic N) is 2. The van der Waals surface area contributed by atoms with Crippen molar-refractivity contribution in [3.8, 4) is 5.75 Å². The number of halogens is 1. The molecule has 0 fully saturated rings. The number of hydrogen-bond acceptors (Lipinski definition) is 5. The van der Waals surface area contributed by atoms with Crippen LogP contribution in [0.2, 0.25) is 5.02 Å². The van der Waals surface area contributed by atoms with Gasteiger partial charge in [0, 0.05) is 13.1 Å². The maximum atomic E-state index is 13.5. The van der Waals surface area contributed by atoms with Crippen LogP contribution in [0, 0.1) is 0 Å². The van der Waals surface area contributed by atoms with Gasteiger partial charge in [-0.15, -0.1) is 0 Å². The molecule has 2 aromatic carbocycles. The van der Waals surface area contributed by atoms with E-state index in [2.05, 4.69) is 5.32 Å². The molecule has 8 nitrogen and oxygen atoms in total. The fraction of sp³-hybridized carbons (Fsp3) is 0.391. The molecule has 2 rings (SSSR count). The van der Waals surface area contributed by atoms with Crippen LogP contribution in [0.3, 0.4) is 0 Å². The van der Waals surface area contributed by atoms with Gasteiger partial charge in [-0.25, -0.2) is 8.42 Å². The molecule has 0 saturated heterocycles. The lowest BCUT2D eigenvalue weighted by molar-refractivity contribution is -0.140. The summed E-state index contributed by atoms with van der Waals surface area (Å²) < 4.78 is 31.3. The largest absolute Gasteiger partial charge is 0.495 e. The van der Waals surface area contributed by atoms with Gasteiger partial charge in [0.05, 0.1) is 24.1 Å². The molecule has 1 N–H and O–H groups in total. The Balaban J connectivity index is 2.43. The third-order valence-electron chi connectivity index (χ3n) is 5.04. The van der Waals surface area contributed by atoms with Gasteiger partial charge in [-0.1, -0.05) is 48.9 Å². The average Bonchev–Trinajstić information content (AvgIpc) is 2.77. The van der Waals surface area contributed by atoms with Crippen molar-refractivity contribution >= 4 is 39.1 Å². The van der Waals surface area contributed by atoms with E-state index < -0.39 is 28.5 Å². The fourth-order valence-corrected chi connectivity index (χ4v) is 4.51. The van der Waals surface area contributed by atoms with Crippen LogP contribution in [0.4, 0.5) is 5.69 Å². The predicted octanol–water partition coefficient (Wildman–Crippen LogP) is 3.06. The molecule has 0 aliphatic heterocycles. The minimum absolute atomic E-state index is 0.163. The van der Waals surface area contributed by atoms with Crippen molar-refractivity contribution in [3.05, 3.63) is 59.1 Å². The Morgan fingerprint density at radius 3 is 2.30 bits per heavy atom. The third kappa shape index (κ3) is 7.10. The highest BCUT2D eigenvalue weighted by atomic mass is 35.5. The smallest absolute Gasteiger partial charge is 0.244 e. The van der Waals surface area contributed by atoms with Crippen molar-refractivity contribution in [1.29, 1.82) is 0 Å². The molecule has 2 amide bonds. The van der Waals surface area contributed by atoms with E-state index in [9.17, 15) is 18.0 Å². The summed E-state index contributed by atoms with van der Waals surface area (Å²) in [5, 5.41) is 2.97. The first-order chi connectivity index (χ1) is 15.6. The highest BCUT2D eigenvalue weighted by molar-refractivity contribution is 7.92. The molecule has 10 heteroatoms. The van der Waals surface area contributed by atoms with Crippen LogP contribution in [-0.2, 0) is 26.2 Å². The number of methoxy groups -OCH3 is 1. The van der Waals surface area contributed by atoms with Crippen LogP contribution in [-0.4, -0.2) is 57.6 Å². The maximum absolute atomic E-state index is 13.5. The summed E-state index contributed by atoms with van der Waals surface area (Å²) in [4.78, 5) is 27.6. The van der Waals surface area contributed by atoms with Crippen molar-refractivity contribution in [2.24, 2.45) is 0 Å². The van der Waals surface area contributed by atoms with Gasteiger partial charge in [0.2, 0.25) is 21.8 Å². The van der Waals surface area contributed by atoms with Gasteiger partial charge >= 0.3 is 0 Å². The molecule has 0 saturated carbocycles. The second-order valence-electron chi connectivity index (χ2n) is 7.41. The van der Waals surface area contributed by atoms with E-state index in [-0.39, 0.29) is 23.2 Å². The first-order valence-electron chi connectivity index (χ1n) is 10.5. The lowest BCUT2D eigenvalue weighted by Gasteiger charge is -2.32. The Morgan fingerprint density at radius 2 is 1.79 bits per heavy atom. The van der Waals surface area contributed by atoms with Crippen LogP contribution in [0.25, 0.3) is 0 Å². The normalized spacial score (nSPS) is 12.0. The van der Waals surface area contributed by atoms with E-state index >= 15 is 0 Å². The Bertz CT molecular complexity index is 1060. The number of rotatable bonds is 11. The van der Waals surface area contributed by atoms with Crippen molar-refractivity contribution in [3.63, 3.8) is 0 Å². The zero-order valence-electron chi connectivity index (χ0n) is 19.2. The van der Waals surface area contributed by atoms with Gasteiger partial charge in [-0.2, -0.15) is 0 Å². The van der Waals surface area contributed by atoms with Crippen molar-refractivity contribution < 1.29 is 22.7 Å². The number of nitrogens with one attached hydrogen (secondary N) is 1. The third-order valence-corrected chi connectivity index (χ3v) is 6.47. The van der Waals surface area contributed by atoms with Crippen molar-refractivity contribution in [1.82, 2.24) is 10.2 Å². The van der Waals surface area contributed by atoms with Gasteiger partial charge in [0.25, 0.3) is 0 Å². The summed E-state index contributed by atoms with van der Waals surface area (Å²) in [6.07, 6.45) is 1.39. The van der Waals surface area contributed by atoms with E-state index in [4.69, 9.17) is 16.3 Å². The highest BCUT2D eigenvalue weighted by Gasteiger charge is 2.31. The molecule has 180 valence electrons. The Hall–Kier alpha value is -2.78. The van der Waals surface area contributed by atoms with Crippen LogP contribution in [0.1, 0.15) is 25.8 Å². The van der Waals surface area contributed by atoms with Crippen LogP contribution >= 0.6 is 11.6 Å². The fourth-order valence-electron chi connectivity index (χ4n) is 3.42. The van der Waals surface area contributed by atoms with Gasteiger partial charge in [0.1, 0.15) is 18.3 Å². The Labute approximate surface area is 200 Å². The molecule has 33 heavy (non-hydrogen) atoms. The van der Waals surface area contributed by atoms with Gasteiger partial charge in [-0.05, 0) is 37.1 Å². The second-order valence-corrected chi connectivity index (χ2v) is 9.73. The number of anilines is 1. The molecule has 0 bridgehead atoms. The first-order valence-corrected chi connectivity index (χ1v) is 12.8. The van der Waals surface area contributed by atoms with E-state index in [1.807, 2.05) is 37.3 Å². The topological polar surface area (TPSA) is 96.0 Å². The monoisotopic (exact) mass is 495 g/mol.